The maximum atomic E-state index is 3.68. The van der Waals surface area contributed by atoms with Crippen LogP contribution in [0.1, 0.15) is 24.0 Å². The average molecular weight is 273 g/mol. The van der Waals surface area contributed by atoms with E-state index in [9.17, 15) is 0 Å². The van der Waals surface area contributed by atoms with Gasteiger partial charge in [0, 0.05) is 32.2 Å². The molecule has 0 saturated carbocycles. The number of hydrogen-bond donors (Lipinski definition) is 1. The minimum atomic E-state index is 0.605. The van der Waals surface area contributed by atoms with Crippen LogP contribution >= 0.6 is 0 Å². The molecule has 0 aliphatic carbocycles. The number of nitrogens with one attached hydrogen (secondary N) is 1. The lowest BCUT2D eigenvalue weighted by Gasteiger charge is -2.30. The summed E-state index contributed by atoms with van der Waals surface area (Å²) in [4.78, 5) is 5.09. The molecule has 110 valence electrons. The van der Waals surface area contributed by atoms with E-state index >= 15 is 0 Å². The highest BCUT2D eigenvalue weighted by atomic mass is 15.2. The van der Waals surface area contributed by atoms with Gasteiger partial charge < -0.3 is 15.1 Å². The van der Waals surface area contributed by atoms with E-state index in [4.69, 9.17) is 0 Å². The van der Waals surface area contributed by atoms with E-state index < -0.39 is 0 Å². The SMILES string of the molecule is CN(CCN1CCCC1)CC1Cc2ccccc2CN1. The smallest absolute Gasteiger partial charge is 0.0238 e. The van der Waals surface area contributed by atoms with Crippen LogP contribution in [0.15, 0.2) is 24.3 Å². The summed E-state index contributed by atoms with van der Waals surface area (Å²) in [6.07, 6.45) is 3.96. The molecule has 1 aromatic carbocycles. The highest BCUT2D eigenvalue weighted by molar-refractivity contribution is 5.29. The van der Waals surface area contributed by atoms with Crippen LogP contribution in [0, 0.1) is 0 Å². The van der Waals surface area contributed by atoms with Gasteiger partial charge in [-0.3, -0.25) is 0 Å². The monoisotopic (exact) mass is 273 g/mol. The maximum absolute atomic E-state index is 3.68. The Balaban J connectivity index is 1.44. The molecule has 1 N–H and O–H groups in total. The predicted octanol–water partition coefficient (Wildman–Crippen LogP) is 1.73. The van der Waals surface area contributed by atoms with Crippen molar-refractivity contribution in [1.29, 1.82) is 0 Å². The molecule has 20 heavy (non-hydrogen) atoms. The van der Waals surface area contributed by atoms with Gasteiger partial charge in [-0.05, 0) is 50.5 Å². The average Bonchev–Trinajstić information content (AvgIpc) is 2.98. The molecule has 3 heteroatoms. The van der Waals surface area contributed by atoms with Crippen molar-refractivity contribution in [2.24, 2.45) is 0 Å². The third kappa shape index (κ3) is 3.60. The number of benzene rings is 1. The number of likely N-dealkylation sites (N-methyl/N-ethyl adjacent to an activating group) is 1. The lowest BCUT2D eigenvalue weighted by molar-refractivity contribution is 0.234. The first kappa shape index (κ1) is 14.1. The first-order valence-corrected chi connectivity index (χ1v) is 8.02. The van der Waals surface area contributed by atoms with Crippen molar-refractivity contribution >= 4 is 0 Å². The lowest BCUT2D eigenvalue weighted by atomic mass is 9.96. The fourth-order valence-corrected chi connectivity index (χ4v) is 3.44. The Morgan fingerprint density at radius 1 is 1.20 bits per heavy atom. The predicted molar refractivity (Wildman–Crippen MR) is 83.9 cm³/mol. The van der Waals surface area contributed by atoms with Crippen LogP contribution in [0.4, 0.5) is 0 Å². The molecule has 1 unspecified atom stereocenters. The first-order chi connectivity index (χ1) is 9.81. The van der Waals surface area contributed by atoms with Crippen molar-refractivity contribution < 1.29 is 0 Å². The zero-order valence-corrected chi connectivity index (χ0v) is 12.6. The number of likely N-dealkylation sites (tertiary alicyclic amines) is 1. The summed E-state index contributed by atoms with van der Waals surface area (Å²) in [6.45, 7) is 7.23. The molecule has 0 amide bonds. The summed E-state index contributed by atoms with van der Waals surface area (Å²) < 4.78 is 0. The summed E-state index contributed by atoms with van der Waals surface area (Å²) >= 11 is 0. The van der Waals surface area contributed by atoms with Crippen LogP contribution in [0.2, 0.25) is 0 Å². The van der Waals surface area contributed by atoms with Gasteiger partial charge in [-0.1, -0.05) is 24.3 Å². The summed E-state index contributed by atoms with van der Waals surface area (Å²) in [5, 5.41) is 3.68. The lowest BCUT2D eigenvalue weighted by Crippen LogP contribution is -2.45. The first-order valence-electron chi connectivity index (χ1n) is 8.02. The van der Waals surface area contributed by atoms with Gasteiger partial charge in [0.05, 0.1) is 0 Å². The van der Waals surface area contributed by atoms with Gasteiger partial charge in [0.1, 0.15) is 0 Å². The Bertz CT molecular complexity index is 426. The van der Waals surface area contributed by atoms with Crippen molar-refractivity contribution in [3.8, 4) is 0 Å². The second-order valence-corrected chi connectivity index (χ2v) is 6.36. The fourth-order valence-electron chi connectivity index (χ4n) is 3.44. The fraction of sp³-hybridized carbons (Fsp3) is 0.647. The molecular weight excluding hydrogens is 246 g/mol. The molecule has 1 atom stereocenters. The highest BCUT2D eigenvalue weighted by Gasteiger charge is 2.19. The molecule has 0 spiro atoms. The van der Waals surface area contributed by atoms with Crippen molar-refractivity contribution in [1.82, 2.24) is 15.1 Å². The third-order valence-corrected chi connectivity index (χ3v) is 4.69. The molecule has 2 aliphatic rings. The summed E-state index contributed by atoms with van der Waals surface area (Å²) in [5.74, 6) is 0. The number of fused-ring (bicyclic) bond motifs is 1. The second-order valence-electron chi connectivity index (χ2n) is 6.36. The van der Waals surface area contributed by atoms with E-state index in [1.807, 2.05) is 0 Å². The number of nitrogens with zero attached hydrogens (tertiary/aromatic N) is 2. The molecule has 3 nitrogen and oxygen atoms in total. The minimum absolute atomic E-state index is 0.605. The maximum Gasteiger partial charge on any atom is 0.0238 e. The van der Waals surface area contributed by atoms with E-state index in [1.165, 1.54) is 56.6 Å². The zero-order chi connectivity index (χ0) is 13.8. The van der Waals surface area contributed by atoms with E-state index in [2.05, 4.69) is 46.4 Å². The Labute approximate surface area is 123 Å². The highest BCUT2D eigenvalue weighted by Crippen LogP contribution is 2.16. The Morgan fingerprint density at radius 3 is 2.75 bits per heavy atom. The summed E-state index contributed by atoms with van der Waals surface area (Å²) in [6, 6.07) is 9.44. The van der Waals surface area contributed by atoms with Crippen LogP contribution in [-0.4, -0.2) is 55.6 Å². The number of rotatable bonds is 5. The van der Waals surface area contributed by atoms with Crippen molar-refractivity contribution in [2.45, 2.75) is 31.8 Å². The van der Waals surface area contributed by atoms with E-state index in [1.54, 1.807) is 0 Å². The van der Waals surface area contributed by atoms with E-state index in [0.717, 1.165) is 13.1 Å². The Kier molecular flexibility index (Phi) is 4.71. The van der Waals surface area contributed by atoms with Crippen LogP contribution < -0.4 is 5.32 Å². The molecular formula is C17H27N3. The largest absolute Gasteiger partial charge is 0.308 e. The van der Waals surface area contributed by atoms with Gasteiger partial charge in [0.2, 0.25) is 0 Å². The topological polar surface area (TPSA) is 18.5 Å². The molecule has 2 heterocycles. The molecule has 1 aromatic rings. The van der Waals surface area contributed by atoms with Crippen LogP contribution in [0.3, 0.4) is 0 Å². The molecule has 3 rings (SSSR count). The zero-order valence-electron chi connectivity index (χ0n) is 12.6. The molecule has 0 radical (unpaired) electrons. The van der Waals surface area contributed by atoms with Gasteiger partial charge >= 0.3 is 0 Å². The van der Waals surface area contributed by atoms with Gasteiger partial charge in [-0.2, -0.15) is 0 Å². The quantitative estimate of drug-likeness (QED) is 0.881. The molecule has 2 aliphatic heterocycles. The van der Waals surface area contributed by atoms with Crippen LogP contribution in [-0.2, 0) is 13.0 Å². The standard InChI is InChI=1S/C17H27N3/c1-19(10-11-20-8-4-5-9-20)14-17-12-15-6-2-3-7-16(15)13-18-17/h2-3,6-7,17-18H,4-5,8-14H2,1H3. The van der Waals surface area contributed by atoms with Gasteiger partial charge in [-0.15, -0.1) is 0 Å². The van der Waals surface area contributed by atoms with Gasteiger partial charge in [-0.25, -0.2) is 0 Å². The van der Waals surface area contributed by atoms with Gasteiger partial charge in [0.15, 0.2) is 0 Å². The van der Waals surface area contributed by atoms with Gasteiger partial charge in [0.25, 0.3) is 0 Å². The van der Waals surface area contributed by atoms with Crippen molar-refractivity contribution in [3.05, 3.63) is 35.4 Å². The summed E-state index contributed by atoms with van der Waals surface area (Å²) in [7, 11) is 2.26. The minimum Gasteiger partial charge on any atom is -0.308 e. The van der Waals surface area contributed by atoms with Crippen LogP contribution in [0.25, 0.3) is 0 Å². The Hall–Kier alpha value is -0.900. The summed E-state index contributed by atoms with van der Waals surface area (Å²) in [5.41, 5.74) is 3.01. The van der Waals surface area contributed by atoms with Crippen LogP contribution in [0.5, 0.6) is 0 Å². The molecule has 1 fully saturated rings. The molecule has 0 aromatic heterocycles. The van der Waals surface area contributed by atoms with E-state index in [-0.39, 0.29) is 0 Å². The third-order valence-electron chi connectivity index (χ3n) is 4.69. The van der Waals surface area contributed by atoms with Crippen molar-refractivity contribution in [2.75, 3.05) is 39.8 Å². The van der Waals surface area contributed by atoms with Crippen molar-refractivity contribution in [3.63, 3.8) is 0 Å². The second kappa shape index (κ2) is 6.70. The normalized spacial score (nSPS) is 23.2. The Morgan fingerprint density at radius 2 is 1.95 bits per heavy atom. The molecule has 1 saturated heterocycles. The molecule has 0 bridgehead atoms. The number of hydrogen-bond acceptors (Lipinski definition) is 3. The van der Waals surface area contributed by atoms with E-state index in [0.29, 0.717) is 6.04 Å².